The predicted molar refractivity (Wildman–Crippen MR) is 107 cm³/mol. The van der Waals surface area contributed by atoms with E-state index in [9.17, 15) is 27.8 Å². The summed E-state index contributed by atoms with van der Waals surface area (Å²) in [5, 5.41) is 19.4. The molecule has 1 aliphatic carbocycles. The minimum atomic E-state index is -2.61. The molecule has 0 bridgehead atoms. The number of phenols is 2. The fourth-order valence-corrected chi connectivity index (χ4v) is 4.73. The van der Waals surface area contributed by atoms with Crippen LogP contribution in [0.5, 0.6) is 11.5 Å². The van der Waals surface area contributed by atoms with Gasteiger partial charge < -0.3 is 10.2 Å². The number of hydrogen-bond acceptors (Lipinski definition) is 2. The number of rotatable bonds is 2. The molecule has 0 aromatic heterocycles. The molecule has 0 saturated carbocycles. The Morgan fingerprint density at radius 1 is 0.400 bits per heavy atom. The van der Waals surface area contributed by atoms with Crippen molar-refractivity contribution in [3.8, 4) is 22.6 Å². The summed E-state index contributed by atoms with van der Waals surface area (Å²) in [4.78, 5) is 0. The summed E-state index contributed by atoms with van der Waals surface area (Å²) in [7, 11) is 0. The maximum Gasteiger partial charge on any atom is 0.198 e. The predicted octanol–water partition coefficient (Wildman–Crippen LogP) is 6.57. The lowest BCUT2D eigenvalue weighted by molar-refractivity contribution is 0.399. The van der Waals surface area contributed by atoms with Crippen molar-refractivity contribution in [3.05, 3.63) is 117 Å². The average molecular weight is 494 g/mol. The van der Waals surface area contributed by atoms with Crippen molar-refractivity contribution in [2.45, 2.75) is 5.41 Å². The summed E-state index contributed by atoms with van der Waals surface area (Å²) in [5.74, 6) is -18.5. The van der Waals surface area contributed by atoms with Crippen molar-refractivity contribution in [3.63, 3.8) is 0 Å². The highest BCUT2D eigenvalue weighted by Gasteiger charge is 2.55. The van der Waals surface area contributed by atoms with Crippen molar-refractivity contribution >= 4 is 0 Å². The first-order valence-corrected chi connectivity index (χ1v) is 9.85. The second kappa shape index (κ2) is 7.46. The summed E-state index contributed by atoms with van der Waals surface area (Å²) in [5.41, 5.74) is -8.12. The Hall–Kier alpha value is -4.08. The van der Waals surface area contributed by atoms with Crippen LogP contribution >= 0.6 is 0 Å². The minimum Gasteiger partial charge on any atom is -0.508 e. The molecule has 178 valence electrons. The molecule has 4 aromatic rings. The van der Waals surface area contributed by atoms with Gasteiger partial charge in [0.25, 0.3) is 0 Å². The van der Waals surface area contributed by atoms with E-state index < -0.39 is 74.2 Å². The zero-order valence-corrected chi connectivity index (χ0v) is 17.0. The summed E-state index contributed by atoms with van der Waals surface area (Å²) < 4.78 is 119. The van der Waals surface area contributed by atoms with Gasteiger partial charge in [0.15, 0.2) is 46.5 Å². The lowest BCUT2D eigenvalue weighted by atomic mass is 9.67. The first-order valence-electron chi connectivity index (χ1n) is 9.85. The fraction of sp³-hybridized carbons (Fsp3) is 0.0400. The molecule has 35 heavy (non-hydrogen) atoms. The number of fused-ring (bicyclic) bond motifs is 3. The largest absolute Gasteiger partial charge is 0.508 e. The molecule has 0 radical (unpaired) electrons. The first kappa shape index (κ1) is 22.7. The van der Waals surface area contributed by atoms with Gasteiger partial charge in [0.1, 0.15) is 11.5 Å². The number of benzene rings is 4. The Balaban J connectivity index is 2.14. The molecule has 4 aromatic carbocycles. The molecular weight excluding hydrogens is 484 g/mol. The molecule has 0 saturated heterocycles. The molecule has 0 heterocycles. The third-order valence-corrected chi connectivity index (χ3v) is 6.13. The molecule has 0 amide bonds. The zero-order chi connectivity index (χ0) is 25.4. The number of hydrogen-bond donors (Lipinski definition) is 2. The van der Waals surface area contributed by atoms with E-state index in [1.54, 1.807) is 0 Å². The quantitative estimate of drug-likeness (QED) is 0.166. The van der Waals surface area contributed by atoms with E-state index in [1.807, 2.05) is 0 Å². The zero-order valence-electron chi connectivity index (χ0n) is 17.0. The van der Waals surface area contributed by atoms with Gasteiger partial charge in [-0.05, 0) is 35.4 Å². The number of aromatic hydroxyl groups is 2. The molecule has 2 N–H and O–H groups in total. The van der Waals surface area contributed by atoms with Crippen LogP contribution in [0.3, 0.4) is 0 Å². The number of phenolic OH excluding ortho intramolecular Hbond substituents is 2. The van der Waals surface area contributed by atoms with Gasteiger partial charge in [-0.15, -0.1) is 0 Å². The van der Waals surface area contributed by atoms with Crippen LogP contribution in [-0.2, 0) is 5.41 Å². The molecule has 1 aliphatic rings. The van der Waals surface area contributed by atoms with E-state index in [1.165, 1.54) is 0 Å². The molecular formula is C25H10F8O2. The Bertz CT molecular complexity index is 1410. The topological polar surface area (TPSA) is 40.5 Å². The van der Waals surface area contributed by atoms with E-state index in [0.717, 1.165) is 48.5 Å². The highest BCUT2D eigenvalue weighted by Crippen LogP contribution is 2.60. The minimum absolute atomic E-state index is 0.269. The van der Waals surface area contributed by atoms with Gasteiger partial charge in [0.2, 0.25) is 0 Å². The first-order chi connectivity index (χ1) is 16.5. The molecule has 0 spiro atoms. The van der Waals surface area contributed by atoms with Crippen LogP contribution in [0.4, 0.5) is 35.1 Å². The van der Waals surface area contributed by atoms with Gasteiger partial charge >= 0.3 is 0 Å². The molecule has 0 atom stereocenters. The molecule has 2 nitrogen and oxygen atoms in total. The smallest absolute Gasteiger partial charge is 0.198 e. The van der Waals surface area contributed by atoms with Crippen LogP contribution in [0.2, 0.25) is 0 Å². The molecule has 0 unspecified atom stereocenters. The maximum absolute atomic E-state index is 15.5. The van der Waals surface area contributed by atoms with Crippen molar-refractivity contribution in [1.29, 1.82) is 0 Å². The standard InChI is InChI=1S/C25H10F8O2/c26-17-13-14-16(20(29)24(33)22(31)18(14)27)25(9-1-5-11(34)6-2-9,10-3-7-12(35)8-4-10)15(13)19(28)23(32)21(17)30/h1-8,34-35H. The maximum atomic E-state index is 15.5. The molecule has 0 fully saturated rings. The third-order valence-electron chi connectivity index (χ3n) is 6.13. The Kier molecular flexibility index (Phi) is 4.84. The van der Waals surface area contributed by atoms with Gasteiger partial charge in [-0.25, -0.2) is 35.1 Å². The van der Waals surface area contributed by atoms with Gasteiger partial charge in [-0.3, -0.25) is 0 Å². The van der Waals surface area contributed by atoms with Crippen molar-refractivity contribution in [2.24, 2.45) is 0 Å². The van der Waals surface area contributed by atoms with Crippen molar-refractivity contribution in [1.82, 2.24) is 0 Å². The van der Waals surface area contributed by atoms with Crippen molar-refractivity contribution < 1.29 is 45.3 Å². The average Bonchev–Trinajstić information content (AvgIpc) is 3.17. The lowest BCUT2D eigenvalue weighted by Gasteiger charge is -2.34. The molecule has 5 rings (SSSR count). The van der Waals surface area contributed by atoms with E-state index in [4.69, 9.17) is 0 Å². The van der Waals surface area contributed by atoms with Crippen LogP contribution in [0.25, 0.3) is 11.1 Å². The highest BCUT2D eigenvalue weighted by atomic mass is 19.2. The second-order valence-electron chi connectivity index (χ2n) is 7.86. The normalized spacial score (nSPS) is 13.6. The van der Waals surface area contributed by atoms with Crippen LogP contribution in [0, 0.1) is 46.5 Å². The molecule has 10 heteroatoms. The van der Waals surface area contributed by atoms with Gasteiger partial charge in [0.05, 0.1) is 5.41 Å². The summed E-state index contributed by atoms with van der Waals surface area (Å²) in [6.07, 6.45) is 0. The van der Waals surface area contributed by atoms with Crippen LogP contribution < -0.4 is 0 Å². The van der Waals surface area contributed by atoms with E-state index in [2.05, 4.69) is 0 Å². The third kappa shape index (κ3) is 2.76. The van der Waals surface area contributed by atoms with Crippen LogP contribution in [-0.4, -0.2) is 10.2 Å². The van der Waals surface area contributed by atoms with E-state index in [0.29, 0.717) is 0 Å². The summed E-state index contributed by atoms with van der Waals surface area (Å²) in [6.45, 7) is 0. The van der Waals surface area contributed by atoms with E-state index >= 15 is 17.6 Å². The lowest BCUT2D eigenvalue weighted by Crippen LogP contribution is -2.32. The van der Waals surface area contributed by atoms with E-state index in [-0.39, 0.29) is 22.6 Å². The SMILES string of the molecule is Oc1ccc(C2(c3ccc(O)cc3)c3c(F)c(F)c(F)c(F)c3-c3c(F)c(F)c(F)c(F)c32)cc1. The van der Waals surface area contributed by atoms with Crippen LogP contribution in [0.15, 0.2) is 48.5 Å². The monoisotopic (exact) mass is 494 g/mol. The summed E-state index contributed by atoms with van der Waals surface area (Å²) >= 11 is 0. The second-order valence-corrected chi connectivity index (χ2v) is 7.86. The number of halogens is 8. The Labute approximate surface area is 191 Å². The Morgan fingerprint density at radius 2 is 0.686 bits per heavy atom. The highest BCUT2D eigenvalue weighted by molar-refractivity contribution is 5.87. The molecule has 0 aliphatic heterocycles. The van der Waals surface area contributed by atoms with Crippen molar-refractivity contribution in [2.75, 3.05) is 0 Å². The van der Waals surface area contributed by atoms with Gasteiger partial charge in [-0.2, -0.15) is 0 Å². The summed E-state index contributed by atoms with van der Waals surface area (Å²) in [6, 6.07) is 8.32. The Morgan fingerprint density at radius 3 is 1.00 bits per heavy atom. The fourth-order valence-electron chi connectivity index (χ4n) is 4.73. The van der Waals surface area contributed by atoms with Gasteiger partial charge in [0, 0.05) is 22.3 Å². The van der Waals surface area contributed by atoms with Crippen LogP contribution in [0.1, 0.15) is 22.3 Å². The van der Waals surface area contributed by atoms with Gasteiger partial charge in [-0.1, -0.05) is 24.3 Å².